The molecular formula is C11H11F3O3. The van der Waals surface area contributed by atoms with Crippen molar-refractivity contribution in [3.63, 3.8) is 0 Å². The highest BCUT2D eigenvalue weighted by molar-refractivity contribution is 5.66. The Morgan fingerprint density at radius 3 is 2.35 bits per heavy atom. The molecule has 0 bridgehead atoms. The summed E-state index contributed by atoms with van der Waals surface area (Å²) in [5.74, 6) is -4.67. The van der Waals surface area contributed by atoms with Gasteiger partial charge >= 0.3 is 5.97 Å². The lowest BCUT2D eigenvalue weighted by Gasteiger charge is -2.11. The number of rotatable bonds is 5. The number of aliphatic hydroxyl groups is 1. The van der Waals surface area contributed by atoms with E-state index >= 15 is 0 Å². The van der Waals surface area contributed by atoms with Gasteiger partial charge in [-0.15, -0.1) is 0 Å². The van der Waals surface area contributed by atoms with E-state index < -0.39 is 29.5 Å². The van der Waals surface area contributed by atoms with Gasteiger partial charge < -0.3 is 10.2 Å². The number of carboxylic acid groups (broad SMARTS) is 1. The number of aliphatic carboxylic acids is 1. The first-order valence-corrected chi connectivity index (χ1v) is 4.96. The van der Waals surface area contributed by atoms with Gasteiger partial charge in [0.15, 0.2) is 11.6 Å². The van der Waals surface area contributed by atoms with E-state index in [2.05, 4.69) is 0 Å². The molecule has 0 saturated carbocycles. The number of hydrogen-bond donors (Lipinski definition) is 2. The van der Waals surface area contributed by atoms with Gasteiger partial charge in [0, 0.05) is 18.1 Å². The Bertz CT molecular complexity index is 421. The van der Waals surface area contributed by atoms with Gasteiger partial charge in [0.25, 0.3) is 0 Å². The Balaban J connectivity index is 2.71. The summed E-state index contributed by atoms with van der Waals surface area (Å²) in [5, 5.41) is 17.9. The molecule has 6 heteroatoms. The minimum atomic E-state index is -1.34. The molecule has 0 radical (unpaired) electrons. The summed E-state index contributed by atoms with van der Waals surface area (Å²) in [7, 11) is 0. The fraction of sp³-hybridized carbons (Fsp3) is 0.364. The summed E-state index contributed by atoms with van der Waals surface area (Å²) in [6.07, 6.45) is -1.43. The molecule has 0 heterocycles. The highest BCUT2D eigenvalue weighted by Gasteiger charge is 2.16. The second kappa shape index (κ2) is 5.67. The van der Waals surface area contributed by atoms with Crippen LogP contribution in [0.4, 0.5) is 13.2 Å². The zero-order valence-corrected chi connectivity index (χ0v) is 8.79. The molecular weight excluding hydrogens is 237 g/mol. The van der Waals surface area contributed by atoms with E-state index in [1.54, 1.807) is 0 Å². The summed E-state index contributed by atoms with van der Waals surface area (Å²) >= 11 is 0. The fourth-order valence-corrected chi connectivity index (χ4v) is 1.40. The maximum absolute atomic E-state index is 13.2. The monoisotopic (exact) mass is 248 g/mol. The van der Waals surface area contributed by atoms with Gasteiger partial charge in [-0.25, -0.2) is 13.2 Å². The summed E-state index contributed by atoms with van der Waals surface area (Å²) in [6, 6.07) is 0.932. The Morgan fingerprint density at radius 2 is 1.76 bits per heavy atom. The molecule has 0 aliphatic heterocycles. The Morgan fingerprint density at radius 1 is 1.18 bits per heavy atom. The number of carboxylic acids is 1. The lowest BCUT2D eigenvalue weighted by atomic mass is 10.0. The molecule has 3 nitrogen and oxygen atoms in total. The summed E-state index contributed by atoms with van der Waals surface area (Å²) in [6.45, 7) is 0. The van der Waals surface area contributed by atoms with Crippen molar-refractivity contribution in [2.45, 2.75) is 25.4 Å². The minimum absolute atomic E-state index is 0.0334. The van der Waals surface area contributed by atoms with Crippen LogP contribution >= 0.6 is 0 Å². The van der Waals surface area contributed by atoms with E-state index in [-0.39, 0.29) is 24.8 Å². The first-order valence-electron chi connectivity index (χ1n) is 4.96. The van der Waals surface area contributed by atoms with Gasteiger partial charge in [0.1, 0.15) is 5.82 Å². The third kappa shape index (κ3) is 3.74. The van der Waals surface area contributed by atoms with Crippen molar-refractivity contribution in [2.75, 3.05) is 0 Å². The van der Waals surface area contributed by atoms with Crippen LogP contribution in [-0.2, 0) is 4.79 Å². The Labute approximate surface area is 95.5 Å². The Kier molecular flexibility index (Phi) is 4.51. The van der Waals surface area contributed by atoms with Gasteiger partial charge in [0.05, 0.1) is 6.10 Å². The molecule has 0 aliphatic rings. The Hall–Kier alpha value is -1.56. The topological polar surface area (TPSA) is 57.5 Å². The average Bonchev–Trinajstić information content (AvgIpc) is 2.22. The number of carbonyl (C=O) groups is 1. The summed E-state index contributed by atoms with van der Waals surface area (Å²) < 4.78 is 38.6. The van der Waals surface area contributed by atoms with E-state index in [1.165, 1.54) is 0 Å². The zero-order chi connectivity index (χ0) is 13.0. The predicted molar refractivity (Wildman–Crippen MR) is 52.8 cm³/mol. The van der Waals surface area contributed by atoms with Gasteiger partial charge in [-0.2, -0.15) is 0 Å². The first kappa shape index (κ1) is 13.5. The third-order valence-corrected chi connectivity index (χ3v) is 2.27. The fourth-order valence-electron chi connectivity index (χ4n) is 1.40. The normalized spacial score (nSPS) is 12.5. The van der Waals surface area contributed by atoms with Crippen molar-refractivity contribution in [1.82, 2.24) is 0 Å². The maximum atomic E-state index is 13.2. The van der Waals surface area contributed by atoms with Crippen LogP contribution in [0.15, 0.2) is 12.1 Å². The molecule has 0 aromatic heterocycles. The number of aliphatic hydroxyl groups excluding tert-OH is 1. The molecule has 1 aromatic rings. The van der Waals surface area contributed by atoms with Crippen molar-refractivity contribution in [3.8, 4) is 0 Å². The second-order valence-electron chi connectivity index (χ2n) is 3.59. The van der Waals surface area contributed by atoms with Gasteiger partial charge in [0.2, 0.25) is 0 Å². The molecule has 0 amide bonds. The van der Waals surface area contributed by atoms with E-state index in [0.717, 1.165) is 0 Å². The zero-order valence-electron chi connectivity index (χ0n) is 8.79. The smallest absolute Gasteiger partial charge is 0.303 e. The van der Waals surface area contributed by atoms with Crippen molar-refractivity contribution in [2.24, 2.45) is 0 Å². The highest BCUT2D eigenvalue weighted by atomic mass is 19.2. The minimum Gasteiger partial charge on any atom is -0.481 e. The van der Waals surface area contributed by atoms with Crippen LogP contribution in [0, 0.1) is 17.5 Å². The SMILES string of the molecule is O=C(O)CCCC(O)c1cc(F)c(F)cc1F. The molecule has 0 fully saturated rings. The van der Waals surface area contributed by atoms with Crippen molar-refractivity contribution >= 4 is 5.97 Å². The largest absolute Gasteiger partial charge is 0.481 e. The van der Waals surface area contributed by atoms with Crippen molar-refractivity contribution in [3.05, 3.63) is 35.1 Å². The molecule has 17 heavy (non-hydrogen) atoms. The van der Waals surface area contributed by atoms with Gasteiger partial charge in [-0.05, 0) is 18.9 Å². The molecule has 1 unspecified atom stereocenters. The molecule has 0 spiro atoms. The average molecular weight is 248 g/mol. The van der Waals surface area contributed by atoms with Crippen molar-refractivity contribution < 1.29 is 28.2 Å². The van der Waals surface area contributed by atoms with Crippen LogP contribution in [0.1, 0.15) is 30.9 Å². The number of benzene rings is 1. The van der Waals surface area contributed by atoms with Crippen LogP contribution in [0.2, 0.25) is 0 Å². The van der Waals surface area contributed by atoms with E-state index in [9.17, 15) is 23.1 Å². The second-order valence-corrected chi connectivity index (χ2v) is 3.59. The maximum Gasteiger partial charge on any atom is 0.303 e. The summed E-state index contributed by atoms with van der Waals surface area (Å²) in [5.41, 5.74) is -0.366. The molecule has 0 saturated heterocycles. The number of halogens is 3. The molecule has 1 rings (SSSR count). The molecule has 0 aliphatic carbocycles. The molecule has 1 aromatic carbocycles. The molecule has 1 atom stereocenters. The third-order valence-electron chi connectivity index (χ3n) is 2.27. The van der Waals surface area contributed by atoms with Crippen molar-refractivity contribution in [1.29, 1.82) is 0 Å². The number of hydrogen-bond acceptors (Lipinski definition) is 2. The molecule has 94 valence electrons. The van der Waals surface area contributed by atoms with E-state index in [0.29, 0.717) is 12.1 Å². The van der Waals surface area contributed by atoms with Crippen LogP contribution in [0.5, 0.6) is 0 Å². The quantitative estimate of drug-likeness (QED) is 0.786. The standard InChI is InChI=1S/C11H11F3O3/c12-7-5-9(14)8(13)4-6(7)10(15)2-1-3-11(16)17/h4-5,10,15H,1-3H2,(H,16,17). The van der Waals surface area contributed by atoms with Crippen LogP contribution < -0.4 is 0 Å². The van der Waals surface area contributed by atoms with Gasteiger partial charge in [-0.3, -0.25) is 4.79 Å². The van der Waals surface area contributed by atoms with Crippen LogP contribution in [-0.4, -0.2) is 16.2 Å². The van der Waals surface area contributed by atoms with Crippen LogP contribution in [0.25, 0.3) is 0 Å². The van der Waals surface area contributed by atoms with Crippen LogP contribution in [0.3, 0.4) is 0 Å². The van der Waals surface area contributed by atoms with E-state index in [4.69, 9.17) is 5.11 Å². The van der Waals surface area contributed by atoms with Gasteiger partial charge in [-0.1, -0.05) is 0 Å². The highest BCUT2D eigenvalue weighted by Crippen LogP contribution is 2.24. The predicted octanol–water partition coefficient (Wildman–Crippen LogP) is 2.39. The molecule has 2 N–H and O–H groups in total. The lowest BCUT2D eigenvalue weighted by molar-refractivity contribution is -0.137. The van der Waals surface area contributed by atoms with E-state index in [1.807, 2.05) is 0 Å². The summed E-state index contributed by atoms with van der Waals surface area (Å²) in [4.78, 5) is 10.2. The first-order chi connectivity index (χ1) is 7.91. The lowest BCUT2D eigenvalue weighted by Crippen LogP contribution is -2.04.